The van der Waals surface area contributed by atoms with Crippen molar-refractivity contribution in [3.05, 3.63) is 40.2 Å². The van der Waals surface area contributed by atoms with Gasteiger partial charge in [-0.1, -0.05) is 23.7 Å². The average Bonchev–Trinajstić information content (AvgIpc) is 2.74. The van der Waals surface area contributed by atoms with Gasteiger partial charge in [0.2, 0.25) is 0 Å². The van der Waals surface area contributed by atoms with E-state index >= 15 is 0 Å². The van der Waals surface area contributed by atoms with Crippen LogP contribution in [0.1, 0.15) is 18.4 Å². The van der Waals surface area contributed by atoms with Crippen LogP contribution in [0.15, 0.2) is 18.2 Å². The Balaban J connectivity index is 2.11. The van der Waals surface area contributed by atoms with Gasteiger partial charge in [-0.3, -0.25) is 4.90 Å². The summed E-state index contributed by atoms with van der Waals surface area (Å²) >= 11 is 6.12. The van der Waals surface area contributed by atoms with Crippen molar-refractivity contribution >= 4 is 17.3 Å². The van der Waals surface area contributed by atoms with Crippen LogP contribution in [-0.4, -0.2) is 18.0 Å². The highest BCUT2D eigenvalue weighted by atomic mass is 35.5. The van der Waals surface area contributed by atoms with Crippen molar-refractivity contribution in [2.75, 3.05) is 13.1 Å². The van der Waals surface area contributed by atoms with Gasteiger partial charge in [-0.05, 0) is 37.6 Å². The van der Waals surface area contributed by atoms with Gasteiger partial charge in [-0.15, -0.1) is 0 Å². The molecule has 1 aliphatic rings. The lowest BCUT2D eigenvalue weighted by Gasteiger charge is -2.15. The summed E-state index contributed by atoms with van der Waals surface area (Å²) < 4.78 is 0. The number of hydrogen-bond acceptors (Lipinski definition) is 1. The van der Waals surface area contributed by atoms with Crippen LogP contribution in [0.2, 0.25) is 5.02 Å². The van der Waals surface area contributed by atoms with Crippen molar-refractivity contribution in [1.82, 2.24) is 4.90 Å². The number of halogens is 1. The number of rotatable bonds is 2. The zero-order chi connectivity index (χ0) is 10.7. The Hall–Kier alpha value is -1.04. The Morgan fingerprint density at radius 3 is 2.67 bits per heavy atom. The summed E-state index contributed by atoms with van der Waals surface area (Å²) in [4.78, 5) is 5.76. The molecule has 0 radical (unpaired) electrons. The zero-order valence-corrected chi connectivity index (χ0v) is 9.30. The third kappa shape index (κ3) is 2.50. The normalized spacial score (nSPS) is 16.5. The third-order valence-corrected chi connectivity index (χ3v) is 3.11. The second-order valence-electron chi connectivity index (χ2n) is 3.87. The molecular weight excluding hydrogens is 208 g/mol. The average molecular weight is 221 g/mol. The van der Waals surface area contributed by atoms with E-state index in [4.69, 9.17) is 18.2 Å². The quantitative estimate of drug-likeness (QED) is 0.693. The van der Waals surface area contributed by atoms with Crippen molar-refractivity contribution in [3.63, 3.8) is 0 Å². The monoisotopic (exact) mass is 220 g/mol. The molecule has 1 saturated heterocycles. The molecule has 15 heavy (non-hydrogen) atoms. The number of likely N-dealkylation sites (tertiary alicyclic amines) is 1. The molecule has 0 spiro atoms. The molecule has 2 rings (SSSR count). The molecule has 0 unspecified atom stereocenters. The van der Waals surface area contributed by atoms with E-state index in [1.165, 1.54) is 25.9 Å². The third-order valence-electron chi connectivity index (χ3n) is 2.76. The Morgan fingerprint density at radius 2 is 2.07 bits per heavy atom. The summed E-state index contributed by atoms with van der Waals surface area (Å²) in [6.07, 6.45) is 2.58. The van der Waals surface area contributed by atoms with Gasteiger partial charge in [0.05, 0.1) is 6.57 Å². The van der Waals surface area contributed by atoms with E-state index < -0.39 is 0 Å². The fourth-order valence-corrected chi connectivity index (χ4v) is 2.15. The summed E-state index contributed by atoms with van der Waals surface area (Å²) in [7, 11) is 0. The van der Waals surface area contributed by atoms with Gasteiger partial charge in [-0.25, -0.2) is 4.85 Å². The molecule has 0 bridgehead atoms. The fourth-order valence-electron chi connectivity index (χ4n) is 1.92. The molecule has 0 amide bonds. The van der Waals surface area contributed by atoms with E-state index in [-0.39, 0.29) is 0 Å². The van der Waals surface area contributed by atoms with Gasteiger partial charge in [-0.2, -0.15) is 0 Å². The smallest absolute Gasteiger partial charge is 0.188 e. The number of benzene rings is 1. The van der Waals surface area contributed by atoms with Crippen molar-refractivity contribution in [2.24, 2.45) is 0 Å². The first-order valence-corrected chi connectivity index (χ1v) is 5.55. The van der Waals surface area contributed by atoms with E-state index in [1.54, 1.807) is 6.07 Å². The van der Waals surface area contributed by atoms with Crippen LogP contribution in [0, 0.1) is 6.57 Å². The van der Waals surface area contributed by atoms with E-state index in [9.17, 15) is 0 Å². The van der Waals surface area contributed by atoms with Gasteiger partial charge in [0.15, 0.2) is 5.69 Å². The summed E-state index contributed by atoms with van der Waals surface area (Å²) in [5.41, 5.74) is 1.75. The molecule has 1 heterocycles. The van der Waals surface area contributed by atoms with Crippen molar-refractivity contribution in [1.29, 1.82) is 0 Å². The van der Waals surface area contributed by atoms with Crippen molar-refractivity contribution < 1.29 is 0 Å². The molecular formula is C12H13ClN2. The molecule has 0 atom stereocenters. The maximum absolute atomic E-state index is 6.89. The first-order chi connectivity index (χ1) is 7.29. The van der Waals surface area contributed by atoms with Crippen molar-refractivity contribution in [3.8, 4) is 0 Å². The lowest BCUT2D eigenvalue weighted by atomic mass is 10.2. The van der Waals surface area contributed by atoms with Gasteiger partial charge in [0, 0.05) is 11.6 Å². The molecule has 0 aliphatic carbocycles. The highest BCUT2D eigenvalue weighted by Gasteiger charge is 2.13. The first kappa shape index (κ1) is 10.5. The maximum atomic E-state index is 6.89. The van der Waals surface area contributed by atoms with E-state index in [0.717, 1.165) is 17.1 Å². The molecule has 78 valence electrons. The molecule has 1 aromatic carbocycles. The fraction of sp³-hybridized carbons (Fsp3) is 0.417. The Bertz CT molecular complexity index is 389. The van der Waals surface area contributed by atoms with Crippen LogP contribution < -0.4 is 0 Å². The van der Waals surface area contributed by atoms with Crippen LogP contribution in [0.25, 0.3) is 4.85 Å². The highest BCUT2D eigenvalue weighted by Crippen LogP contribution is 2.25. The first-order valence-electron chi connectivity index (χ1n) is 5.18. The minimum absolute atomic E-state index is 0.616. The largest absolute Gasteiger partial charge is 0.299 e. The lowest BCUT2D eigenvalue weighted by molar-refractivity contribution is 0.331. The molecule has 0 N–H and O–H groups in total. The predicted octanol–water partition coefficient (Wildman–Crippen LogP) is 3.49. The summed E-state index contributed by atoms with van der Waals surface area (Å²) in [6, 6.07) is 5.55. The zero-order valence-electron chi connectivity index (χ0n) is 8.54. The van der Waals surface area contributed by atoms with Crippen LogP contribution in [0.4, 0.5) is 5.69 Å². The summed E-state index contributed by atoms with van der Waals surface area (Å²) in [5, 5.41) is 0.718. The van der Waals surface area contributed by atoms with Crippen LogP contribution in [-0.2, 0) is 6.54 Å². The molecule has 0 aromatic heterocycles. The molecule has 0 saturated carbocycles. The van der Waals surface area contributed by atoms with Crippen LogP contribution in [0.3, 0.4) is 0 Å². The van der Waals surface area contributed by atoms with Gasteiger partial charge >= 0.3 is 0 Å². The maximum Gasteiger partial charge on any atom is 0.188 e. The second-order valence-corrected chi connectivity index (χ2v) is 4.28. The second kappa shape index (κ2) is 4.65. The minimum Gasteiger partial charge on any atom is -0.299 e. The van der Waals surface area contributed by atoms with Gasteiger partial charge in [0.1, 0.15) is 0 Å². The SMILES string of the molecule is [C-]#[N+]c1ccc(CN2CCCC2)c(Cl)c1. The Labute approximate surface area is 95.3 Å². The number of nitrogens with zero attached hydrogens (tertiary/aromatic N) is 2. The molecule has 3 heteroatoms. The molecule has 1 fully saturated rings. The van der Waals surface area contributed by atoms with Crippen molar-refractivity contribution in [2.45, 2.75) is 19.4 Å². The van der Waals surface area contributed by atoms with Gasteiger partial charge in [0.25, 0.3) is 0 Å². The van der Waals surface area contributed by atoms with Crippen LogP contribution >= 0.6 is 11.6 Å². The molecule has 1 aromatic rings. The standard InChI is InChI=1S/C12H13ClN2/c1-14-11-5-4-10(12(13)8-11)9-15-6-2-3-7-15/h4-5,8H,2-3,6-7,9H2. The van der Waals surface area contributed by atoms with E-state index in [2.05, 4.69) is 9.74 Å². The molecule has 1 aliphatic heterocycles. The highest BCUT2D eigenvalue weighted by molar-refractivity contribution is 6.31. The molecule has 2 nitrogen and oxygen atoms in total. The van der Waals surface area contributed by atoms with Crippen LogP contribution in [0.5, 0.6) is 0 Å². The minimum atomic E-state index is 0.616. The summed E-state index contributed by atoms with van der Waals surface area (Å²) in [5.74, 6) is 0. The Morgan fingerprint density at radius 1 is 1.33 bits per heavy atom. The summed E-state index contributed by atoms with van der Waals surface area (Å²) in [6.45, 7) is 10.1. The number of hydrogen-bond donors (Lipinski definition) is 0. The van der Waals surface area contributed by atoms with Gasteiger partial charge < -0.3 is 0 Å². The van der Waals surface area contributed by atoms with E-state index in [0.29, 0.717) is 5.69 Å². The Kier molecular flexibility index (Phi) is 3.25. The topological polar surface area (TPSA) is 7.60 Å². The lowest BCUT2D eigenvalue weighted by Crippen LogP contribution is -2.18. The predicted molar refractivity (Wildman–Crippen MR) is 62.2 cm³/mol. The van der Waals surface area contributed by atoms with E-state index in [1.807, 2.05) is 12.1 Å².